The second-order valence-corrected chi connectivity index (χ2v) is 5.63. The Balaban J connectivity index is 1.85. The van der Waals surface area contributed by atoms with Crippen LogP contribution >= 0.6 is 11.8 Å². The molecular weight excluding hydrogens is 250 g/mol. The predicted octanol–water partition coefficient (Wildman–Crippen LogP) is 1.52. The summed E-state index contributed by atoms with van der Waals surface area (Å²) in [7, 11) is 0. The number of hydrogen-bond acceptors (Lipinski definition) is 5. The van der Waals surface area contributed by atoms with Gasteiger partial charge in [0.15, 0.2) is 6.61 Å². The Bertz CT molecular complexity index is 486. The van der Waals surface area contributed by atoms with Crippen molar-refractivity contribution in [1.29, 1.82) is 0 Å². The highest BCUT2D eigenvalue weighted by atomic mass is 32.2. The van der Waals surface area contributed by atoms with Crippen molar-refractivity contribution in [3.05, 3.63) is 12.1 Å². The van der Waals surface area contributed by atoms with E-state index in [1.165, 1.54) is 5.75 Å². The topological polar surface area (TPSA) is 76.4 Å². The number of hydrogen-bond donors (Lipinski definition) is 3. The van der Waals surface area contributed by atoms with Gasteiger partial charge in [0.05, 0.1) is 17.1 Å². The van der Waals surface area contributed by atoms with Crippen molar-refractivity contribution in [2.45, 2.75) is 12.5 Å². The second-order valence-electron chi connectivity index (χ2n) is 4.48. The SMILES string of the molecule is Nc1cc2c(cc1NC1CCSC1)NC(=O)CO2. The number of benzene rings is 1. The van der Waals surface area contributed by atoms with Crippen LogP contribution in [0.2, 0.25) is 0 Å². The monoisotopic (exact) mass is 265 g/mol. The summed E-state index contributed by atoms with van der Waals surface area (Å²) in [5.74, 6) is 2.79. The molecule has 2 aliphatic heterocycles. The Morgan fingerprint density at radius 1 is 1.50 bits per heavy atom. The molecule has 1 atom stereocenters. The van der Waals surface area contributed by atoms with E-state index >= 15 is 0 Å². The molecule has 2 aliphatic rings. The number of carbonyl (C=O) groups is 1. The third-order valence-electron chi connectivity index (χ3n) is 3.07. The quantitative estimate of drug-likeness (QED) is 0.707. The number of anilines is 3. The van der Waals surface area contributed by atoms with Gasteiger partial charge in [-0.2, -0.15) is 11.8 Å². The molecule has 2 heterocycles. The molecule has 0 spiro atoms. The number of ether oxygens (including phenoxy) is 1. The molecule has 3 rings (SSSR count). The van der Waals surface area contributed by atoms with Gasteiger partial charge in [-0.1, -0.05) is 0 Å². The standard InChI is InChI=1S/C12H15N3O2S/c13-8-3-11-10(15-12(16)5-17-11)4-9(8)14-7-1-2-18-6-7/h3-4,7,14H,1-2,5-6,13H2,(H,15,16). The normalized spacial score (nSPS) is 22.0. The average Bonchev–Trinajstić information content (AvgIpc) is 2.83. The lowest BCUT2D eigenvalue weighted by Crippen LogP contribution is -2.26. The highest BCUT2D eigenvalue weighted by molar-refractivity contribution is 7.99. The molecule has 0 radical (unpaired) electrons. The number of nitrogens with two attached hydrogens (primary N) is 1. The fourth-order valence-corrected chi connectivity index (χ4v) is 3.29. The Labute approximate surface area is 109 Å². The molecule has 96 valence electrons. The number of fused-ring (bicyclic) bond motifs is 1. The molecule has 1 aromatic rings. The van der Waals surface area contributed by atoms with Crippen molar-refractivity contribution in [1.82, 2.24) is 0 Å². The minimum Gasteiger partial charge on any atom is -0.482 e. The van der Waals surface area contributed by atoms with Gasteiger partial charge in [0.1, 0.15) is 5.75 Å². The second kappa shape index (κ2) is 4.61. The van der Waals surface area contributed by atoms with E-state index in [-0.39, 0.29) is 12.5 Å². The van der Waals surface area contributed by atoms with E-state index in [1.807, 2.05) is 17.8 Å². The molecule has 0 aliphatic carbocycles. The molecule has 1 saturated heterocycles. The number of thioether (sulfide) groups is 1. The van der Waals surface area contributed by atoms with Crippen LogP contribution in [0.15, 0.2) is 12.1 Å². The number of carbonyl (C=O) groups excluding carboxylic acids is 1. The van der Waals surface area contributed by atoms with Crippen molar-refractivity contribution >= 4 is 34.7 Å². The van der Waals surface area contributed by atoms with Crippen molar-refractivity contribution in [3.8, 4) is 5.75 Å². The third-order valence-corrected chi connectivity index (χ3v) is 4.24. The zero-order valence-electron chi connectivity index (χ0n) is 9.86. The summed E-state index contributed by atoms with van der Waals surface area (Å²) in [4.78, 5) is 11.3. The van der Waals surface area contributed by atoms with Crippen LogP contribution in [0.25, 0.3) is 0 Å². The molecule has 18 heavy (non-hydrogen) atoms. The van der Waals surface area contributed by atoms with Gasteiger partial charge < -0.3 is 21.1 Å². The molecule has 5 nitrogen and oxygen atoms in total. The smallest absolute Gasteiger partial charge is 0.262 e. The van der Waals surface area contributed by atoms with E-state index in [0.29, 0.717) is 23.2 Å². The summed E-state index contributed by atoms with van der Waals surface area (Å²) in [5.41, 5.74) is 8.21. The van der Waals surface area contributed by atoms with Crippen molar-refractivity contribution < 1.29 is 9.53 Å². The highest BCUT2D eigenvalue weighted by Gasteiger charge is 2.20. The van der Waals surface area contributed by atoms with Crippen LogP contribution in [-0.4, -0.2) is 30.1 Å². The van der Waals surface area contributed by atoms with Crippen LogP contribution in [0.3, 0.4) is 0 Å². The number of nitrogens with one attached hydrogen (secondary N) is 2. The van der Waals surface area contributed by atoms with Crippen molar-refractivity contribution in [2.24, 2.45) is 0 Å². The number of amides is 1. The largest absolute Gasteiger partial charge is 0.482 e. The first-order chi connectivity index (χ1) is 8.72. The van der Waals surface area contributed by atoms with Crippen molar-refractivity contribution in [2.75, 3.05) is 34.5 Å². The van der Waals surface area contributed by atoms with Gasteiger partial charge in [-0.15, -0.1) is 0 Å². The van der Waals surface area contributed by atoms with E-state index < -0.39 is 0 Å². The zero-order chi connectivity index (χ0) is 12.5. The third kappa shape index (κ3) is 2.20. The highest BCUT2D eigenvalue weighted by Crippen LogP contribution is 2.36. The maximum absolute atomic E-state index is 11.3. The van der Waals surface area contributed by atoms with Gasteiger partial charge in [-0.25, -0.2) is 0 Å². The first-order valence-corrected chi connectivity index (χ1v) is 7.08. The maximum Gasteiger partial charge on any atom is 0.262 e. The minimum absolute atomic E-state index is 0.0540. The molecule has 0 saturated carbocycles. The molecule has 1 unspecified atom stereocenters. The van der Waals surface area contributed by atoms with Gasteiger partial charge >= 0.3 is 0 Å². The molecule has 6 heteroatoms. The molecule has 1 aromatic carbocycles. The lowest BCUT2D eigenvalue weighted by Gasteiger charge is -2.21. The van der Waals surface area contributed by atoms with E-state index in [1.54, 1.807) is 6.07 Å². The molecule has 1 amide bonds. The summed E-state index contributed by atoms with van der Waals surface area (Å²) in [6, 6.07) is 4.07. The molecular formula is C12H15N3O2S. The Morgan fingerprint density at radius 2 is 2.39 bits per heavy atom. The summed E-state index contributed by atoms with van der Waals surface area (Å²) < 4.78 is 5.32. The predicted molar refractivity (Wildman–Crippen MR) is 74.3 cm³/mol. The Morgan fingerprint density at radius 3 is 3.17 bits per heavy atom. The van der Waals surface area contributed by atoms with Gasteiger partial charge in [0.25, 0.3) is 5.91 Å². The first-order valence-electron chi connectivity index (χ1n) is 5.93. The van der Waals surface area contributed by atoms with E-state index in [2.05, 4.69) is 10.6 Å². The van der Waals surface area contributed by atoms with Gasteiger partial charge in [0, 0.05) is 17.9 Å². The zero-order valence-corrected chi connectivity index (χ0v) is 10.7. The number of nitrogen functional groups attached to an aromatic ring is 1. The summed E-state index contributed by atoms with van der Waals surface area (Å²) in [6.45, 7) is 0.0540. The fourth-order valence-electron chi connectivity index (χ4n) is 2.14. The lowest BCUT2D eigenvalue weighted by atomic mass is 10.1. The number of rotatable bonds is 2. The summed E-state index contributed by atoms with van der Waals surface area (Å²) >= 11 is 1.94. The fraction of sp³-hybridized carbons (Fsp3) is 0.417. The molecule has 4 N–H and O–H groups in total. The van der Waals surface area contributed by atoms with Gasteiger partial charge in [-0.3, -0.25) is 4.79 Å². The summed E-state index contributed by atoms with van der Waals surface area (Å²) in [6.07, 6.45) is 1.14. The average molecular weight is 265 g/mol. The molecule has 0 aromatic heterocycles. The molecule has 1 fully saturated rings. The van der Waals surface area contributed by atoms with E-state index in [0.717, 1.165) is 17.9 Å². The van der Waals surface area contributed by atoms with Crippen LogP contribution in [0.4, 0.5) is 17.1 Å². The van der Waals surface area contributed by atoms with E-state index in [4.69, 9.17) is 10.5 Å². The molecule has 0 bridgehead atoms. The lowest BCUT2D eigenvalue weighted by molar-refractivity contribution is -0.118. The Kier molecular flexibility index (Phi) is 2.95. The summed E-state index contributed by atoms with van der Waals surface area (Å²) in [5, 5.41) is 6.21. The van der Waals surface area contributed by atoms with Gasteiger partial charge in [0.2, 0.25) is 0 Å². The van der Waals surface area contributed by atoms with Crippen LogP contribution < -0.4 is 21.1 Å². The minimum atomic E-state index is -0.130. The van der Waals surface area contributed by atoms with Crippen LogP contribution in [-0.2, 0) is 4.79 Å². The van der Waals surface area contributed by atoms with Crippen LogP contribution in [0.5, 0.6) is 5.75 Å². The van der Waals surface area contributed by atoms with E-state index in [9.17, 15) is 4.79 Å². The Hall–Kier alpha value is -1.56. The first kappa shape index (κ1) is 11.5. The maximum atomic E-state index is 11.3. The van der Waals surface area contributed by atoms with Crippen LogP contribution in [0, 0.1) is 0 Å². The van der Waals surface area contributed by atoms with Crippen molar-refractivity contribution in [3.63, 3.8) is 0 Å². The van der Waals surface area contributed by atoms with Crippen LogP contribution in [0.1, 0.15) is 6.42 Å². The van der Waals surface area contributed by atoms with Gasteiger partial charge in [-0.05, 0) is 18.2 Å².